The summed E-state index contributed by atoms with van der Waals surface area (Å²) in [5, 5.41) is 3.09. The lowest BCUT2D eigenvalue weighted by Gasteiger charge is -2.47. The molecule has 0 spiro atoms. The van der Waals surface area contributed by atoms with Gasteiger partial charge in [0, 0.05) is 24.7 Å². The maximum absolute atomic E-state index is 12.2. The van der Waals surface area contributed by atoms with Gasteiger partial charge in [-0.25, -0.2) is 4.79 Å². The molecule has 1 fully saturated rings. The Hall–Kier alpha value is -1.55. The van der Waals surface area contributed by atoms with Gasteiger partial charge < -0.3 is 10.1 Å². The van der Waals surface area contributed by atoms with Crippen LogP contribution in [0.2, 0.25) is 0 Å². The van der Waals surface area contributed by atoms with Crippen molar-refractivity contribution in [2.45, 2.75) is 78.2 Å². The molecule has 1 saturated heterocycles. The number of likely N-dealkylation sites (tertiary alicyclic amines) is 1. The fourth-order valence-electron chi connectivity index (χ4n) is 3.44. The normalized spacial score (nSPS) is 28.4. The van der Waals surface area contributed by atoms with Gasteiger partial charge in [-0.3, -0.25) is 4.90 Å². The molecule has 0 saturated carbocycles. The molecular weight excluding hydrogens is 300 g/mol. The number of alkyl carbamates (subject to hydrolysis) is 1. The summed E-state index contributed by atoms with van der Waals surface area (Å²) in [7, 11) is 0. The van der Waals surface area contributed by atoms with E-state index in [9.17, 15) is 4.79 Å². The van der Waals surface area contributed by atoms with Crippen LogP contribution < -0.4 is 5.32 Å². The van der Waals surface area contributed by atoms with Gasteiger partial charge in [0.25, 0.3) is 0 Å². The molecule has 4 nitrogen and oxygen atoms in total. The molecule has 1 heterocycles. The highest BCUT2D eigenvalue weighted by atomic mass is 16.6. The van der Waals surface area contributed by atoms with E-state index in [1.807, 2.05) is 26.8 Å². The molecule has 1 aromatic rings. The zero-order valence-corrected chi connectivity index (χ0v) is 15.9. The largest absolute Gasteiger partial charge is 0.444 e. The highest BCUT2D eigenvalue weighted by Crippen LogP contribution is 2.29. The van der Waals surface area contributed by atoms with E-state index in [0.29, 0.717) is 12.0 Å². The number of carbonyl (C=O) groups excluding carboxylic acids is 1. The van der Waals surface area contributed by atoms with Crippen LogP contribution in [0.15, 0.2) is 30.3 Å². The predicted molar refractivity (Wildman–Crippen MR) is 97.8 cm³/mol. The summed E-state index contributed by atoms with van der Waals surface area (Å²) in [6.45, 7) is 13.3. The molecule has 24 heavy (non-hydrogen) atoms. The minimum absolute atomic E-state index is 0.106. The van der Waals surface area contributed by atoms with Crippen LogP contribution in [0.5, 0.6) is 0 Å². The van der Waals surface area contributed by atoms with Gasteiger partial charge in [0.1, 0.15) is 5.60 Å². The van der Waals surface area contributed by atoms with E-state index in [0.717, 1.165) is 13.0 Å². The Kier molecular flexibility index (Phi) is 5.92. The Labute approximate surface area is 146 Å². The first kappa shape index (κ1) is 18.8. The van der Waals surface area contributed by atoms with Crippen LogP contribution in [0.4, 0.5) is 4.79 Å². The zero-order chi connectivity index (χ0) is 17.9. The second-order valence-electron chi connectivity index (χ2n) is 8.10. The molecule has 0 aliphatic carbocycles. The SMILES string of the molecule is C[C@@H]1[C@@H](C)C[C@@H](NC(=O)OC(C)(C)C)[C@H](C)N1Cc1ccccc1. The number of piperidine rings is 1. The average molecular weight is 332 g/mol. The minimum atomic E-state index is -0.468. The second kappa shape index (κ2) is 7.56. The molecule has 2 rings (SSSR count). The van der Waals surface area contributed by atoms with E-state index < -0.39 is 5.60 Å². The molecule has 0 radical (unpaired) electrons. The van der Waals surface area contributed by atoms with Crippen LogP contribution in [-0.2, 0) is 11.3 Å². The molecule has 0 unspecified atom stereocenters. The average Bonchev–Trinajstić information content (AvgIpc) is 2.48. The molecule has 4 heteroatoms. The molecule has 1 aliphatic heterocycles. The maximum atomic E-state index is 12.2. The number of hydrogen-bond acceptors (Lipinski definition) is 3. The third-order valence-corrected chi connectivity index (χ3v) is 4.99. The number of nitrogens with one attached hydrogen (secondary N) is 1. The molecule has 0 aromatic heterocycles. The Morgan fingerprint density at radius 3 is 2.38 bits per heavy atom. The van der Waals surface area contributed by atoms with Crippen molar-refractivity contribution in [3.63, 3.8) is 0 Å². The molecule has 4 atom stereocenters. The summed E-state index contributed by atoms with van der Waals surface area (Å²) in [4.78, 5) is 14.7. The van der Waals surface area contributed by atoms with Gasteiger partial charge >= 0.3 is 6.09 Å². The third-order valence-electron chi connectivity index (χ3n) is 4.99. The Morgan fingerprint density at radius 1 is 1.17 bits per heavy atom. The fourth-order valence-corrected chi connectivity index (χ4v) is 3.44. The summed E-state index contributed by atoms with van der Waals surface area (Å²) in [6.07, 6.45) is 0.660. The Bertz CT molecular complexity index is 538. The van der Waals surface area contributed by atoms with E-state index in [2.05, 4.69) is 55.3 Å². The molecule has 1 aromatic carbocycles. The number of amides is 1. The van der Waals surface area contributed by atoms with Crippen molar-refractivity contribution in [1.82, 2.24) is 10.2 Å². The van der Waals surface area contributed by atoms with Crippen LogP contribution in [0.3, 0.4) is 0 Å². The fraction of sp³-hybridized carbons (Fsp3) is 0.650. The number of hydrogen-bond donors (Lipinski definition) is 1. The molecule has 1 amide bonds. The van der Waals surface area contributed by atoms with Crippen LogP contribution in [0.1, 0.15) is 53.5 Å². The zero-order valence-electron chi connectivity index (χ0n) is 15.9. The van der Waals surface area contributed by atoms with Gasteiger partial charge in [-0.15, -0.1) is 0 Å². The lowest BCUT2D eigenvalue weighted by molar-refractivity contribution is 0.0161. The summed E-state index contributed by atoms with van der Waals surface area (Å²) < 4.78 is 5.44. The van der Waals surface area contributed by atoms with Crippen LogP contribution in [-0.4, -0.2) is 34.7 Å². The highest BCUT2D eigenvalue weighted by molar-refractivity contribution is 5.68. The quantitative estimate of drug-likeness (QED) is 0.902. The predicted octanol–water partition coefficient (Wildman–Crippen LogP) is 4.20. The summed E-state index contributed by atoms with van der Waals surface area (Å²) in [5.41, 5.74) is 0.839. The van der Waals surface area contributed by atoms with Crippen molar-refractivity contribution in [3.8, 4) is 0 Å². The number of nitrogens with zero attached hydrogens (tertiary/aromatic N) is 1. The smallest absolute Gasteiger partial charge is 0.407 e. The molecule has 134 valence electrons. The van der Waals surface area contributed by atoms with E-state index >= 15 is 0 Å². The van der Waals surface area contributed by atoms with Crippen molar-refractivity contribution in [2.75, 3.05) is 0 Å². The van der Waals surface area contributed by atoms with Gasteiger partial charge in [-0.05, 0) is 52.5 Å². The molecule has 1 aliphatic rings. The van der Waals surface area contributed by atoms with Crippen molar-refractivity contribution in [2.24, 2.45) is 5.92 Å². The lowest BCUT2D eigenvalue weighted by atomic mass is 9.84. The highest BCUT2D eigenvalue weighted by Gasteiger charge is 2.37. The Morgan fingerprint density at radius 2 is 1.79 bits per heavy atom. The van der Waals surface area contributed by atoms with Gasteiger partial charge in [0.15, 0.2) is 0 Å². The number of rotatable bonds is 3. The van der Waals surface area contributed by atoms with Crippen molar-refractivity contribution in [1.29, 1.82) is 0 Å². The first-order valence-corrected chi connectivity index (χ1v) is 8.96. The van der Waals surface area contributed by atoms with Gasteiger partial charge in [0.05, 0.1) is 0 Å². The van der Waals surface area contributed by atoms with Crippen molar-refractivity contribution in [3.05, 3.63) is 35.9 Å². The summed E-state index contributed by atoms with van der Waals surface area (Å²) >= 11 is 0. The van der Waals surface area contributed by atoms with Gasteiger partial charge in [-0.1, -0.05) is 37.3 Å². The minimum Gasteiger partial charge on any atom is -0.444 e. The number of carbonyl (C=O) groups is 1. The number of benzene rings is 1. The van der Waals surface area contributed by atoms with E-state index in [-0.39, 0.29) is 18.2 Å². The Balaban J connectivity index is 2.07. The van der Waals surface area contributed by atoms with E-state index in [4.69, 9.17) is 4.74 Å². The van der Waals surface area contributed by atoms with Crippen LogP contribution in [0.25, 0.3) is 0 Å². The second-order valence-corrected chi connectivity index (χ2v) is 8.10. The maximum Gasteiger partial charge on any atom is 0.407 e. The third kappa shape index (κ3) is 4.97. The van der Waals surface area contributed by atoms with Crippen molar-refractivity contribution < 1.29 is 9.53 Å². The topological polar surface area (TPSA) is 41.6 Å². The van der Waals surface area contributed by atoms with Crippen LogP contribution in [0, 0.1) is 5.92 Å². The molecule has 1 N–H and O–H groups in total. The van der Waals surface area contributed by atoms with Crippen LogP contribution >= 0.6 is 0 Å². The van der Waals surface area contributed by atoms with Gasteiger partial charge in [-0.2, -0.15) is 0 Å². The van der Waals surface area contributed by atoms with E-state index in [1.54, 1.807) is 0 Å². The summed E-state index contributed by atoms with van der Waals surface area (Å²) in [6, 6.07) is 11.4. The molecule has 0 bridgehead atoms. The first-order chi connectivity index (χ1) is 11.2. The first-order valence-electron chi connectivity index (χ1n) is 8.96. The monoisotopic (exact) mass is 332 g/mol. The van der Waals surface area contributed by atoms with E-state index in [1.165, 1.54) is 5.56 Å². The van der Waals surface area contributed by atoms with Gasteiger partial charge in [0.2, 0.25) is 0 Å². The van der Waals surface area contributed by atoms with Crippen molar-refractivity contribution >= 4 is 6.09 Å². The standard InChI is InChI=1S/C20H32N2O2/c1-14-12-18(21-19(23)24-20(4,5)6)16(3)22(15(14)2)13-17-10-8-7-9-11-17/h7-11,14-16,18H,12-13H2,1-6H3,(H,21,23)/t14-,15+,16-,18+/m0/s1. The molecular formula is C20H32N2O2. The lowest BCUT2D eigenvalue weighted by Crippen LogP contribution is -2.59. The number of ether oxygens (including phenoxy) is 1. The summed E-state index contributed by atoms with van der Waals surface area (Å²) in [5.74, 6) is 0.518.